The molecule has 0 heterocycles. The van der Waals surface area contributed by atoms with E-state index in [2.05, 4.69) is 83.6 Å². The van der Waals surface area contributed by atoms with E-state index in [0.717, 1.165) is 44.0 Å². The Morgan fingerprint density at radius 1 is 0.583 bits per heavy atom. The van der Waals surface area contributed by atoms with Crippen molar-refractivity contribution in [2.75, 3.05) is 4.90 Å². The van der Waals surface area contributed by atoms with Crippen LogP contribution in [0.1, 0.15) is 25.0 Å². The zero-order chi connectivity index (χ0) is 33.2. The average Bonchev–Trinajstić information content (AvgIpc) is 3.30. The highest BCUT2D eigenvalue weighted by Gasteiger charge is 2.48. The van der Waals surface area contributed by atoms with Crippen molar-refractivity contribution in [3.05, 3.63) is 132 Å². The van der Waals surface area contributed by atoms with E-state index in [0.29, 0.717) is 5.39 Å². The van der Waals surface area contributed by atoms with Crippen LogP contribution < -0.4 is 9.08 Å². The zero-order valence-electron chi connectivity index (χ0n) is 25.8. The van der Waals surface area contributed by atoms with Gasteiger partial charge in [0.1, 0.15) is 0 Å². The summed E-state index contributed by atoms with van der Waals surface area (Å²) < 4.78 is 68.7. The van der Waals surface area contributed by atoms with Crippen LogP contribution in [-0.4, -0.2) is 13.9 Å². The van der Waals surface area contributed by atoms with Gasteiger partial charge in [0.05, 0.1) is 5.69 Å². The van der Waals surface area contributed by atoms with Gasteiger partial charge in [0.2, 0.25) is 0 Å². The summed E-state index contributed by atoms with van der Waals surface area (Å²) in [5.74, 6) is -0.370. The van der Waals surface area contributed by atoms with Crippen molar-refractivity contribution in [3.8, 4) is 5.75 Å². The number of rotatable bonds is 5. The molecule has 8 heteroatoms. The first-order valence-electron chi connectivity index (χ1n) is 15.5. The number of halogens is 3. The molecule has 1 aliphatic carbocycles. The van der Waals surface area contributed by atoms with Gasteiger partial charge in [-0.3, -0.25) is 0 Å². The van der Waals surface area contributed by atoms with Crippen LogP contribution in [0.2, 0.25) is 0 Å². The third kappa shape index (κ3) is 3.92. The smallest absolute Gasteiger partial charge is 0.375 e. The molecule has 0 saturated carbocycles. The molecular formula is C40H26F3NO3S. The molecule has 0 atom stereocenters. The second-order valence-electron chi connectivity index (χ2n) is 12.9. The lowest BCUT2D eigenvalue weighted by molar-refractivity contribution is -0.0499. The third-order valence-electron chi connectivity index (χ3n) is 9.89. The third-order valence-corrected chi connectivity index (χ3v) is 10.9. The van der Waals surface area contributed by atoms with E-state index in [9.17, 15) is 21.6 Å². The molecule has 0 unspecified atom stereocenters. The molecule has 0 aromatic heterocycles. The number of alkyl halides is 3. The predicted octanol–water partition coefficient (Wildman–Crippen LogP) is 11.2. The van der Waals surface area contributed by atoms with E-state index >= 15 is 0 Å². The Hall–Kier alpha value is -5.34. The van der Waals surface area contributed by atoms with Crippen LogP contribution in [0.25, 0.3) is 53.9 Å². The van der Waals surface area contributed by atoms with Crippen molar-refractivity contribution in [3.63, 3.8) is 0 Å². The van der Waals surface area contributed by atoms with Crippen LogP contribution >= 0.6 is 0 Å². The summed E-state index contributed by atoms with van der Waals surface area (Å²) >= 11 is 0. The molecule has 0 bridgehead atoms. The maximum atomic E-state index is 13.3. The lowest BCUT2D eigenvalue weighted by Gasteiger charge is -2.30. The molecule has 4 nitrogen and oxygen atoms in total. The minimum Gasteiger partial charge on any atom is -0.375 e. The fourth-order valence-corrected chi connectivity index (χ4v) is 8.19. The summed E-state index contributed by atoms with van der Waals surface area (Å²) in [6.45, 7) is 4.53. The normalized spacial score (nSPS) is 14.3. The molecule has 0 aliphatic heterocycles. The van der Waals surface area contributed by atoms with Crippen molar-refractivity contribution < 1.29 is 25.8 Å². The number of nitrogens with zero attached hydrogens (tertiary/aromatic N) is 1. The summed E-state index contributed by atoms with van der Waals surface area (Å²) in [4.78, 5) is 2.22. The highest BCUT2D eigenvalue weighted by Crippen LogP contribution is 2.52. The van der Waals surface area contributed by atoms with Crippen molar-refractivity contribution in [1.82, 2.24) is 0 Å². The van der Waals surface area contributed by atoms with Crippen LogP contribution in [0.3, 0.4) is 0 Å². The zero-order valence-corrected chi connectivity index (χ0v) is 26.6. The van der Waals surface area contributed by atoms with E-state index < -0.39 is 15.6 Å². The number of hydrogen-bond acceptors (Lipinski definition) is 4. The van der Waals surface area contributed by atoms with Gasteiger partial charge in [-0.2, -0.15) is 21.6 Å². The van der Waals surface area contributed by atoms with E-state index in [1.807, 2.05) is 36.4 Å². The minimum atomic E-state index is -5.86. The molecule has 0 saturated heterocycles. The molecule has 0 amide bonds. The van der Waals surface area contributed by atoms with Crippen LogP contribution in [0.5, 0.6) is 5.75 Å². The largest absolute Gasteiger partial charge is 0.534 e. The van der Waals surface area contributed by atoms with Gasteiger partial charge in [-0.15, -0.1) is 0 Å². The Balaban J connectivity index is 1.32. The summed E-state index contributed by atoms with van der Waals surface area (Å²) in [6.07, 6.45) is 0. The van der Waals surface area contributed by atoms with E-state index in [1.165, 1.54) is 33.4 Å². The fraction of sp³-hybridized carbons (Fsp3) is 0.100. The van der Waals surface area contributed by atoms with Gasteiger partial charge in [0.25, 0.3) is 0 Å². The Morgan fingerprint density at radius 3 is 1.94 bits per heavy atom. The van der Waals surface area contributed by atoms with Crippen molar-refractivity contribution in [2.24, 2.45) is 0 Å². The van der Waals surface area contributed by atoms with Gasteiger partial charge in [0, 0.05) is 32.9 Å². The molecule has 0 fully saturated rings. The summed E-state index contributed by atoms with van der Waals surface area (Å²) in [5, 5.41) is 9.12. The highest BCUT2D eigenvalue weighted by atomic mass is 32.2. The van der Waals surface area contributed by atoms with E-state index in [-0.39, 0.29) is 16.6 Å². The molecule has 48 heavy (non-hydrogen) atoms. The Morgan fingerprint density at radius 2 is 1.19 bits per heavy atom. The number of hydrogen-bond donors (Lipinski definition) is 0. The number of para-hydroxylation sites is 1. The first-order valence-corrected chi connectivity index (χ1v) is 16.9. The quantitative estimate of drug-likeness (QED) is 0.105. The SMILES string of the molecule is CC1(C)c2cccc3ccc4cc(N(c5ccccc5)c5ccc6ccc7c(OS(=O)(=O)C(F)(F)F)ccc8ccc5c6c87)cc1c4c23. The monoisotopic (exact) mass is 657 g/mol. The van der Waals surface area contributed by atoms with Gasteiger partial charge in [-0.1, -0.05) is 92.7 Å². The number of benzene rings is 8. The number of anilines is 3. The topological polar surface area (TPSA) is 46.6 Å². The molecule has 8 aromatic rings. The van der Waals surface area contributed by atoms with Gasteiger partial charge in [-0.05, 0) is 91.3 Å². The van der Waals surface area contributed by atoms with Crippen LogP contribution in [0, 0.1) is 0 Å². The van der Waals surface area contributed by atoms with E-state index in [4.69, 9.17) is 0 Å². The maximum Gasteiger partial charge on any atom is 0.534 e. The molecule has 236 valence electrons. The second kappa shape index (κ2) is 9.61. The molecular weight excluding hydrogens is 632 g/mol. The van der Waals surface area contributed by atoms with E-state index in [1.54, 1.807) is 18.2 Å². The summed E-state index contributed by atoms with van der Waals surface area (Å²) in [6, 6.07) is 39.7. The van der Waals surface area contributed by atoms with Crippen molar-refractivity contribution in [1.29, 1.82) is 0 Å². The predicted molar refractivity (Wildman–Crippen MR) is 188 cm³/mol. The first kappa shape index (κ1) is 28.8. The van der Waals surface area contributed by atoms with Crippen LogP contribution in [0.15, 0.2) is 121 Å². The van der Waals surface area contributed by atoms with Crippen molar-refractivity contribution >= 4 is 81.0 Å². The van der Waals surface area contributed by atoms with Crippen LogP contribution in [-0.2, 0) is 15.5 Å². The average molecular weight is 658 g/mol. The summed E-state index contributed by atoms with van der Waals surface area (Å²) in [7, 11) is -5.86. The minimum absolute atomic E-state index is 0.227. The van der Waals surface area contributed by atoms with Gasteiger partial charge >= 0.3 is 15.6 Å². The van der Waals surface area contributed by atoms with Gasteiger partial charge in [0.15, 0.2) is 5.75 Å². The second-order valence-corrected chi connectivity index (χ2v) is 14.4. The lowest BCUT2D eigenvalue weighted by Crippen LogP contribution is -2.28. The molecule has 8 aromatic carbocycles. The van der Waals surface area contributed by atoms with Crippen LogP contribution in [0.4, 0.5) is 30.2 Å². The molecule has 0 radical (unpaired) electrons. The van der Waals surface area contributed by atoms with Gasteiger partial charge < -0.3 is 9.08 Å². The Labute approximate surface area is 274 Å². The lowest BCUT2D eigenvalue weighted by atomic mass is 9.81. The molecule has 1 aliphatic rings. The Bertz CT molecular complexity index is 2740. The van der Waals surface area contributed by atoms with Gasteiger partial charge in [-0.25, -0.2) is 0 Å². The molecule has 0 spiro atoms. The standard InChI is InChI=1S/C40H26F3NO3S/c1-39(2)31-10-6-7-23-11-12-26-21-28(22-32(39)38(26)37(23)31)44(27-8-4-3-5-9-27)33-19-15-24-14-18-30-34(47-48(45,46)40(41,42)43)20-16-25-13-17-29(33)35(24)36(25)30/h3-22H,1-2H3. The first-order chi connectivity index (χ1) is 22.9. The fourth-order valence-electron chi connectivity index (χ4n) is 7.71. The highest BCUT2D eigenvalue weighted by molar-refractivity contribution is 7.88. The Kier molecular flexibility index (Phi) is 5.78. The molecule has 0 N–H and O–H groups in total. The maximum absolute atomic E-state index is 13.3. The van der Waals surface area contributed by atoms with Crippen molar-refractivity contribution in [2.45, 2.75) is 24.8 Å². The molecule has 9 rings (SSSR count). The summed E-state index contributed by atoms with van der Waals surface area (Å²) in [5.41, 5.74) is -0.450.